The molecule has 0 saturated carbocycles. The Hall–Kier alpha value is -0.260. The van der Waals surface area contributed by atoms with E-state index in [1.54, 1.807) is 0 Å². The highest BCUT2D eigenvalue weighted by molar-refractivity contribution is 9.11. The maximum atomic E-state index is 13.5. The molecule has 1 fully saturated rings. The van der Waals surface area contributed by atoms with Crippen LogP contribution < -0.4 is 0 Å². The Morgan fingerprint density at radius 3 is 2.75 bits per heavy atom. The van der Waals surface area contributed by atoms with Crippen molar-refractivity contribution in [3.05, 3.63) is 22.7 Å². The second-order valence-corrected chi connectivity index (χ2v) is 3.47. The zero-order valence-corrected chi connectivity index (χ0v) is 7.48. The zero-order valence-electron chi connectivity index (χ0n) is 5.89. The van der Waals surface area contributed by atoms with Gasteiger partial charge in [0.2, 0.25) is 0 Å². The van der Waals surface area contributed by atoms with Crippen LogP contribution in [0.2, 0.25) is 0 Å². The Balaban J connectivity index is 2.44. The fraction of sp³-hybridized carbons (Fsp3) is 0.429. The molecule has 2 unspecified atom stereocenters. The first-order valence-electron chi connectivity index (χ1n) is 3.29. The lowest BCUT2D eigenvalue weighted by Gasteiger charge is -2.27. The molecule has 0 radical (unpaired) electrons. The third-order valence-electron chi connectivity index (χ3n) is 1.78. The van der Waals surface area contributed by atoms with Crippen molar-refractivity contribution >= 4 is 15.9 Å². The number of ether oxygens (including phenoxy) is 2. The zero-order chi connectivity index (χ0) is 8.82. The summed E-state index contributed by atoms with van der Waals surface area (Å²) in [6, 6.07) is 0. The van der Waals surface area contributed by atoms with Crippen LogP contribution in [0.15, 0.2) is 22.7 Å². The summed E-state index contributed by atoms with van der Waals surface area (Å²) in [6.07, 6.45) is 3.37. The fourth-order valence-corrected chi connectivity index (χ4v) is 1.54. The van der Waals surface area contributed by atoms with Crippen molar-refractivity contribution in [2.24, 2.45) is 0 Å². The van der Waals surface area contributed by atoms with Crippen LogP contribution in [0.3, 0.4) is 0 Å². The van der Waals surface area contributed by atoms with Crippen molar-refractivity contribution in [1.29, 1.82) is 0 Å². The number of hydrogen-bond acceptors (Lipinski definition) is 2. The van der Waals surface area contributed by atoms with Gasteiger partial charge in [-0.2, -0.15) is 0 Å². The van der Waals surface area contributed by atoms with E-state index in [2.05, 4.69) is 25.4 Å². The number of rotatable bonds is 0. The van der Waals surface area contributed by atoms with Crippen LogP contribution in [0.5, 0.6) is 0 Å². The first-order valence-corrected chi connectivity index (χ1v) is 4.08. The summed E-state index contributed by atoms with van der Waals surface area (Å²) < 4.78 is 36.4. The standard InChI is InChI=1S/C7H5BrF2O2/c8-5-1-2-6(9)7(10,3-5)12-4-11-6/h1-3H,4H2. The van der Waals surface area contributed by atoms with E-state index in [0.717, 1.165) is 12.2 Å². The first-order chi connectivity index (χ1) is 5.56. The molecule has 5 heteroatoms. The van der Waals surface area contributed by atoms with E-state index >= 15 is 0 Å². The van der Waals surface area contributed by atoms with Gasteiger partial charge in [0, 0.05) is 10.6 Å². The summed E-state index contributed by atoms with van der Waals surface area (Å²) in [7, 11) is 0. The molecule has 2 aliphatic rings. The number of alkyl halides is 2. The molecule has 2 atom stereocenters. The summed E-state index contributed by atoms with van der Waals surface area (Å²) in [5, 5.41) is 0. The van der Waals surface area contributed by atoms with Crippen LogP contribution in [0.1, 0.15) is 0 Å². The van der Waals surface area contributed by atoms with E-state index in [1.807, 2.05) is 0 Å². The minimum Gasteiger partial charge on any atom is -0.311 e. The summed E-state index contributed by atoms with van der Waals surface area (Å²) in [5.41, 5.74) is 0. The van der Waals surface area contributed by atoms with Gasteiger partial charge in [-0.25, -0.2) is 8.78 Å². The van der Waals surface area contributed by atoms with Gasteiger partial charge in [0.15, 0.2) is 6.79 Å². The van der Waals surface area contributed by atoms with E-state index in [4.69, 9.17) is 0 Å². The van der Waals surface area contributed by atoms with E-state index in [0.29, 0.717) is 4.48 Å². The van der Waals surface area contributed by atoms with Crippen molar-refractivity contribution in [3.63, 3.8) is 0 Å². The molecule has 12 heavy (non-hydrogen) atoms. The lowest BCUT2D eigenvalue weighted by Crippen LogP contribution is -2.43. The van der Waals surface area contributed by atoms with E-state index in [1.165, 1.54) is 6.08 Å². The van der Waals surface area contributed by atoms with Gasteiger partial charge in [-0.1, -0.05) is 15.9 Å². The quantitative estimate of drug-likeness (QED) is 0.644. The van der Waals surface area contributed by atoms with Gasteiger partial charge in [0.25, 0.3) is 11.7 Å². The maximum Gasteiger partial charge on any atom is 0.295 e. The predicted octanol–water partition coefficient (Wildman–Crippen LogP) is 2.17. The van der Waals surface area contributed by atoms with Crippen molar-refractivity contribution in [2.45, 2.75) is 11.7 Å². The predicted molar refractivity (Wildman–Crippen MR) is 40.9 cm³/mol. The Morgan fingerprint density at radius 2 is 2.00 bits per heavy atom. The van der Waals surface area contributed by atoms with Crippen molar-refractivity contribution in [2.75, 3.05) is 6.79 Å². The second-order valence-electron chi connectivity index (χ2n) is 2.56. The highest BCUT2D eigenvalue weighted by Crippen LogP contribution is 2.44. The minimum atomic E-state index is -2.49. The minimum absolute atomic E-state index is 0.381. The van der Waals surface area contributed by atoms with Gasteiger partial charge in [0.05, 0.1) is 0 Å². The third-order valence-corrected chi connectivity index (χ3v) is 2.28. The summed E-state index contributed by atoms with van der Waals surface area (Å²) >= 11 is 3.02. The van der Waals surface area contributed by atoms with Gasteiger partial charge in [-0.05, 0) is 12.2 Å². The Labute approximate surface area is 76.0 Å². The number of fused-ring (bicyclic) bond motifs is 1. The van der Waals surface area contributed by atoms with Crippen LogP contribution in [-0.4, -0.2) is 18.5 Å². The van der Waals surface area contributed by atoms with Crippen molar-refractivity contribution in [1.82, 2.24) is 0 Å². The molecule has 0 aromatic carbocycles. The SMILES string of the molecule is FC12C=CC(Br)=CC1(F)OCO2. The molecular formula is C7H5BrF2O2. The Morgan fingerprint density at radius 1 is 1.33 bits per heavy atom. The van der Waals surface area contributed by atoms with Gasteiger partial charge in [0.1, 0.15) is 0 Å². The van der Waals surface area contributed by atoms with Gasteiger partial charge < -0.3 is 9.47 Å². The number of hydrogen-bond donors (Lipinski definition) is 0. The largest absolute Gasteiger partial charge is 0.311 e. The molecule has 0 bridgehead atoms. The molecule has 1 saturated heterocycles. The molecule has 66 valence electrons. The highest BCUT2D eigenvalue weighted by atomic mass is 79.9. The molecule has 1 heterocycles. The average molecular weight is 239 g/mol. The van der Waals surface area contributed by atoms with Crippen LogP contribution in [0, 0.1) is 0 Å². The Bertz CT molecular complexity index is 279. The van der Waals surface area contributed by atoms with E-state index in [9.17, 15) is 8.78 Å². The second kappa shape index (κ2) is 2.37. The number of halogens is 3. The fourth-order valence-electron chi connectivity index (χ4n) is 1.11. The van der Waals surface area contributed by atoms with Gasteiger partial charge in [-0.3, -0.25) is 0 Å². The molecule has 0 amide bonds. The van der Waals surface area contributed by atoms with Crippen molar-refractivity contribution in [3.8, 4) is 0 Å². The van der Waals surface area contributed by atoms with Gasteiger partial charge >= 0.3 is 0 Å². The molecular weight excluding hydrogens is 234 g/mol. The number of allylic oxidation sites excluding steroid dienone is 2. The third kappa shape index (κ3) is 0.967. The van der Waals surface area contributed by atoms with Crippen LogP contribution >= 0.6 is 15.9 Å². The summed E-state index contributed by atoms with van der Waals surface area (Å²) in [5.74, 6) is -4.95. The Kier molecular flexibility index (Phi) is 1.65. The van der Waals surface area contributed by atoms with E-state index < -0.39 is 11.7 Å². The maximum absolute atomic E-state index is 13.5. The van der Waals surface area contributed by atoms with Crippen LogP contribution in [-0.2, 0) is 9.47 Å². The average Bonchev–Trinajstić information content (AvgIpc) is 2.26. The summed E-state index contributed by atoms with van der Waals surface area (Å²) in [4.78, 5) is 0. The molecule has 0 N–H and O–H groups in total. The molecule has 2 nitrogen and oxygen atoms in total. The molecule has 0 spiro atoms. The lowest BCUT2D eigenvalue weighted by molar-refractivity contribution is -0.154. The topological polar surface area (TPSA) is 18.5 Å². The molecule has 1 aliphatic carbocycles. The van der Waals surface area contributed by atoms with E-state index in [-0.39, 0.29) is 6.79 Å². The van der Waals surface area contributed by atoms with Crippen LogP contribution in [0.25, 0.3) is 0 Å². The molecule has 0 aromatic heterocycles. The lowest BCUT2D eigenvalue weighted by atomic mass is 10.0. The molecule has 1 aliphatic heterocycles. The summed E-state index contributed by atoms with van der Waals surface area (Å²) in [6.45, 7) is -0.381. The van der Waals surface area contributed by atoms with Gasteiger partial charge in [-0.15, -0.1) is 0 Å². The van der Waals surface area contributed by atoms with Crippen molar-refractivity contribution < 1.29 is 18.3 Å². The smallest absolute Gasteiger partial charge is 0.295 e. The van der Waals surface area contributed by atoms with Crippen LogP contribution in [0.4, 0.5) is 8.78 Å². The monoisotopic (exact) mass is 238 g/mol. The molecule has 0 aromatic rings. The highest BCUT2D eigenvalue weighted by Gasteiger charge is 2.59. The molecule has 2 rings (SSSR count). The normalized spacial score (nSPS) is 45.8. The first kappa shape index (κ1) is 8.34.